The number of ether oxygens (including phenoxy) is 3. The number of carbonyl (C=O) groups excluding carboxylic acids is 3. The molecule has 0 aliphatic heterocycles. The van der Waals surface area contributed by atoms with Crippen LogP contribution in [0, 0.1) is 0 Å². The molecule has 0 N–H and O–H groups in total. The van der Waals surface area contributed by atoms with Gasteiger partial charge in [0, 0.05) is 19.3 Å². The highest BCUT2D eigenvalue weighted by Gasteiger charge is 2.19. The lowest BCUT2D eigenvalue weighted by Crippen LogP contribution is -2.30. The average Bonchev–Trinajstić information content (AvgIpc) is 3.47. The number of allylic oxidation sites excluding steroid dienone is 22. The van der Waals surface area contributed by atoms with Crippen molar-refractivity contribution in [2.45, 2.75) is 309 Å². The summed E-state index contributed by atoms with van der Waals surface area (Å²) in [5, 5.41) is 0. The van der Waals surface area contributed by atoms with Gasteiger partial charge in [0.05, 0.1) is 0 Å². The lowest BCUT2D eigenvalue weighted by atomic mass is 10.0. The van der Waals surface area contributed by atoms with Crippen LogP contribution < -0.4 is 0 Å². The average molecular weight is 1120 g/mol. The number of esters is 3. The van der Waals surface area contributed by atoms with E-state index in [1.165, 1.54) is 122 Å². The number of hydrogen-bond acceptors (Lipinski definition) is 6. The van der Waals surface area contributed by atoms with Gasteiger partial charge in [0.25, 0.3) is 0 Å². The Bertz CT molecular complexity index is 1720. The first-order chi connectivity index (χ1) is 40.0. The van der Waals surface area contributed by atoms with E-state index >= 15 is 0 Å². The van der Waals surface area contributed by atoms with Gasteiger partial charge in [0.2, 0.25) is 0 Å². The van der Waals surface area contributed by atoms with E-state index < -0.39 is 6.10 Å². The number of hydrogen-bond donors (Lipinski definition) is 0. The molecule has 0 aromatic carbocycles. The van der Waals surface area contributed by atoms with Crippen LogP contribution in [0.4, 0.5) is 0 Å². The SMILES string of the molecule is CC/C=C\C/C=C\C/C=C\C/C=C\C/C=C\C/C=C\CCCCCCC(=O)OC(COC(=O)CCCCCCCCCCC)COC(=O)CCCCCCCCCCCCCCCCC/C=C\C/C=C\C/C=C\C/C=C\C/C=C\CC. The lowest BCUT2D eigenvalue weighted by Gasteiger charge is -2.18. The van der Waals surface area contributed by atoms with Gasteiger partial charge in [0.1, 0.15) is 13.2 Å². The van der Waals surface area contributed by atoms with Crippen molar-refractivity contribution in [1.29, 1.82) is 0 Å². The van der Waals surface area contributed by atoms with Gasteiger partial charge in [-0.25, -0.2) is 0 Å². The van der Waals surface area contributed by atoms with Gasteiger partial charge in [0.15, 0.2) is 6.10 Å². The molecule has 0 saturated heterocycles. The molecule has 81 heavy (non-hydrogen) atoms. The van der Waals surface area contributed by atoms with Gasteiger partial charge in [-0.15, -0.1) is 0 Å². The second kappa shape index (κ2) is 68.1. The summed E-state index contributed by atoms with van der Waals surface area (Å²) in [7, 11) is 0. The molecule has 0 heterocycles. The zero-order chi connectivity index (χ0) is 58.5. The van der Waals surface area contributed by atoms with Crippen molar-refractivity contribution in [3.63, 3.8) is 0 Å². The molecule has 0 aromatic heterocycles. The van der Waals surface area contributed by atoms with Crippen molar-refractivity contribution in [3.8, 4) is 0 Å². The summed E-state index contributed by atoms with van der Waals surface area (Å²) < 4.78 is 16.9. The summed E-state index contributed by atoms with van der Waals surface area (Å²) in [4.78, 5) is 38.2. The molecule has 6 heteroatoms. The molecule has 0 rings (SSSR count). The molecule has 0 fully saturated rings. The van der Waals surface area contributed by atoms with E-state index in [0.29, 0.717) is 19.3 Å². The summed E-state index contributed by atoms with van der Waals surface area (Å²) in [6.07, 6.45) is 96.2. The number of rotatable bonds is 60. The van der Waals surface area contributed by atoms with Crippen LogP contribution in [0.3, 0.4) is 0 Å². The lowest BCUT2D eigenvalue weighted by molar-refractivity contribution is -0.167. The smallest absolute Gasteiger partial charge is 0.306 e. The predicted molar refractivity (Wildman–Crippen MR) is 353 cm³/mol. The Morgan fingerprint density at radius 3 is 0.753 bits per heavy atom. The predicted octanol–water partition coefficient (Wildman–Crippen LogP) is 23.3. The van der Waals surface area contributed by atoms with Crippen molar-refractivity contribution in [2.24, 2.45) is 0 Å². The third-order valence-electron chi connectivity index (χ3n) is 14.2. The molecule has 0 amide bonds. The van der Waals surface area contributed by atoms with Gasteiger partial charge in [-0.3, -0.25) is 14.4 Å². The molecule has 0 aromatic rings. The molecule has 1 atom stereocenters. The third kappa shape index (κ3) is 66.2. The van der Waals surface area contributed by atoms with E-state index in [2.05, 4.69) is 154 Å². The fourth-order valence-corrected chi connectivity index (χ4v) is 9.18. The van der Waals surface area contributed by atoms with Crippen LogP contribution in [0.25, 0.3) is 0 Å². The van der Waals surface area contributed by atoms with Crippen LogP contribution >= 0.6 is 0 Å². The fourth-order valence-electron chi connectivity index (χ4n) is 9.18. The molecule has 0 aliphatic rings. The highest BCUT2D eigenvalue weighted by Crippen LogP contribution is 2.16. The maximum Gasteiger partial charge on any atom is 0.306 e. The van der Waals surface area contributed by atoms with E-state index in [9.17, 15) is 14.4 Å². The second-order valence-corrected chi connectivity index (χ2v) is 22.0. The van der Waals surface area contributed by atoms with Crippen LogP contribution in [-0.2, 0) is 28.6 Å². The molecule has 0 radical (unpaired) electrons. The monoisotopic (exact) mass is 1120 g/mol. The Morgan fingerprint density at radius 2 is 0.481 bits per heavy atom. The largest absolute Gasteiger partial charge is 0.462 e. The van der Waals surface area contributed by atoms with E-state index in [0.717, 1.165) is 141 Å². The molecule has 460 valence electrons. The molecule has 0 aliphatic carbocycles. The minimum absolute atomic E-state index is 0.0886. The molecule has 0 saturated carbocycles. The van der Waals surface area contributed by atoms with Crippen molar-refractivity contribution in [1.82, 2.24) is 0 Å². The van der Waals surface area contributed by atoms with Crippen molar-refractivity contribution in [2.75, 3.05) is 13.2 Å². The minimum atomic E-state index is -0.794. The number of unbranched alkanes of at least 4 members (excludes halogenated alkanes) is 27. The van der Waals surface area contributed by atoms with Crippen LogP contribution in [-0.4, -0.2) is 37.2 Å². The summed E-state index contributed by atoms with van der Waals surface area (Å²) >= 11 is 0. The molecule has 6 nitrogen and oxygen atoms in total. The normalized spacial score (nSPS) is 13.0. The minimum Gasteiger partial charge on any atom is -0.462 e. The van der Waals surface area contributed by atoms with Crippen molar-refractivity contribution < 1.29 is 28.6 Å². The second-order valence-electron chi connectivity index (χ2n) is 22.0. The first-order valence-electron chi connectivity index (χ1n) is 33.7. The molecular weight excluding hydrogens is 997 g/mol. The first-order valence-corrected chi connectivity index (χ1v) is 33.7. The molecule has 0 spiro atoms. The summed E-state index contributed by atoms with van der Waals surface area (Å²) in [6.45, 7) is 6.39. The van der Waals surface area contributed by atoms with Crippen LogP contribution in [0.15, 0.2) is 134 Å². The van der Waals surface area contributed by atoms with Crippen molar-refractivity contribution in [3.05, 3.63) is 134 Å². The van der Waals surface area contributed by atoms with E-state index in [-0.39, 0.29) is 31.1 Å². The summed E-state index contributed by atoms with van der Waals surface area (Å²) in [5.41, 5.74) is 0. The maximum atomic E-state index is 12.9. The Kier molecular flexibility index (Phi) is 64.3. The standard InChI is InChI=1S/C75H124O6/c1-4-7-10-13-16-19-21-23-25-27-29-31-33-34-35-36-37-38-39-40-42-43-45-47-49-51-53-56-59-62-65-68-74(77)80-71-72(70-79-73(76)67-64-61-58-55-18-15-12-9-6-3)81-75(78)69-66-63-60-57-54-52-50-48-46-44-41-32-30-28-26-24-22-20-17-14-11-8-5-2/h7-8,10-11,16-17,19-20,23-26,29-32,34-35,44,46,50,52,72H,4-6,9,12-15,18,21-22,27-28,33,36-43,45,47-49,51,53-71H2,1-3H3/b10-7-,11-8-,19-16-,20-17-,25-23-,26-24-,31-29-,32-30-,35-34-,46-44-,52-50-. The quantitative estimate of drug-likeness (QED) is 0.0261. The summed E-state index contributed by atoms with van der Waals surface area (Å²) in [5.74, 6) is -0.911. The maximum absolute atomic E-state index is 12.9. The highest BCUT2D eigenvalue weighted by molar-refractivity contribution is 5.71. The van der Waals surface area contributed by atoms with Gasteiger partial charge in [-0.1, -0.05) is 302 Å². The zero-order valence-electron chi connectivity index (χ0n) is 52.8. The Morgan fingerprint density at radius 1 is 0.259 bits per heavy atom. The van der Waals surface area contributed by atoms with Gasteiger partial charge in [-0.05, 0) is 116 Å². The van der Waals surface area contributed by atoms with E-state index in [1.54, 1.807) is 0 Å². The van der Waals surface area contributed by atoms with E-state index in [4.69, 9.17) is 14.2 Å². The van der Waals surface area contributed by atoms with Gasteiger partial charge in [-0.2, -0.15) is 0 Å². The van der Waals surface area contributed by atoms with Crippen LogP contribution in [0.1, 0.15) is 303 Å². The Labute approximate surface area is 500 Å². The highest BCUT2D eigenvalue weighted by atomic mass is 16.6. The third-order valence-corrected chi connectivity index (χ3v) is 14.2. The zero-order valence-corrected chi connectivity index (χ0v) is 52.8. The first kappa shape index (κ1) is 76.5. The Hall–Kier alpha value is -4.45. The van der Waals surface area contributed by atoms with Gasteiger partial charge >= 0.3 is 17.9 Å². The topological polar surface area (TPSA) is 78.9 Å². The fraction of sp³-hybridized carbons (Fsp3) is 0.667. The number of carbonyl (C=O) groups is 3. The van der Waals surface area contributed by atoms with Crippen LogP contribution in [0.2, 0.25) is 0 Å². The van der Waals surface area contributed by atoms with Crippen molar-refractivity contribution >= 4 is 17.9 Å². The van der Waals surface area contributed by atoms with Crippen LogP contribution in [0.5, 0.6) is 0 Å². The molecule has 1 unspecified atom stereocenters. The molecule has 0 bridgehead atoms. The van der Waals surface area contributed by atoms with Gasteiger partial charge < -0.3 is 14.2 Å². The molecular formula is C75H124O6. The van der Waals surface area contributed by atoms with E-state index in [1.807, 2.05) is 0 Å². The summed E-state index contributed by atoms with van der Waals surface area (Å²) in [6, 6.07) is 0. The Balaban J connectivity index is 4.21.